The van der Waals surface area contributed by atoms with Crippen molar-refractivity contribution in [3.05, 3.63) is 0 Å². The van der Waals surface area contributed by atoms with Crippen molar-refractivity contribution in [2.24, 2.45) is 11.7 Å². The quantitative estimate of drug-likeness (QED) is 0.683. The van der Waals surface area contributed by atoms with Crippen molar-refractivity contribution < 1.29 is 17.9 Å². The summed E-state index contributed by atoms with van der Waals surface area (Å²) in [5, 5.41) is 2.90. The first-order valence-electron chi connectivity index (χ1n) is 6.72. The van der Waals surface area contributed by atoms with Gasteiger partial charge in [0.05, 0.1) is 23.9 Å². The van der Waals surface area contributed by atoms with Crippen LogP contribution in [0.1, 0.15) is 25.7 Å². The van der Waals surface area contributed by atoms with Gasteiger partial charge in [0.25, 0.3) is 0 Å². The van der Waals surface area contributed by atoms with Gasteiger partial charge in [0, 0.05) is 12.9 Å². The molecule has 3 atom stereocenters. The van der Waals surface area contributed by atoms with Gasteiger partial charge in [-0.05, 0) is 31.6 Å². The highest BCUT2D eigenvalue weighted by Crippen LogP contribution is 2.38. The van der Waals surface area contributed by atoms with Gasteiger partial charge in [-0.1, -0.05) is 0 Å². The first-order chi connectivity index (χ1) is 8.87. The van der Waals surface area contributed by atoms with Gasteiger partial charge >= 0.3 is 0 Å². The van der Waals surface area contributed by atoms with Crippen LogP contribution in [0.5, 0.6) is 0 Å². The summed E-state index contributed by atoms with van der Waals surface area (Å²) in [6.07, 6.45) is 4.56. The van der Waals surface area contributed by atoms with E-state index in [1.54, 1.807) is 0 Å². The first kappa shape index (κ1) is 14.7. The Morgan fingerprint density at radius 3 is 2.68 bits per heavy atom. The van der Waals surface area contributed by atoms with Crippen LogP contribution < -0.4 is 11.1 Å². The van der Waals surface area contributed by atoms with Crippen molar-refractivity contribution in [1.29, 1.82) is 0 Å². The second kappa shape index (κ2) is 5.76. The average molecular weight is 290 g/mol. The van der Waals surface area contributed by atoms with Crippen molar-refractivity contribution in [3.63, 3.8) is 0 Å². The molecule has 1 heterocycles. The van der Waals surface area contributed by atoms with Crippen LogP contribution in [0.2, 0.25) is 0 Å². The number of sulfone groups is 1. The lowest BCUT2D eigenvalue weighted by Crippen LogP contribution is -2.49. The molecule has 1 aliphatic heterocycles. The minimum Gasteiger partial charge on any atom is -0.376 e. The Balaban J connectivity index is 1.79. The Kier molecular flexibility index (Phi) is 4.47. The molecule has 0 aromatic carbocycles. The van der Waals surface area contributed by atoms with Crippen molar-refractivity contribution in [1.82, 2.24) is 5.32 Å². The normalized spacial score (nSPS) is 29.2. The number of hydrogen-bond acceptors (Lipinski definition) is 5. The lowest BCUT2D eigenvalue weighted by Gasteiger charge is -2.21. The molecule has 1 amide bonds. The number of carbonyl (C=O) groups is 1. The van der Waals surface area contributed by atoms with E-state index in [2.05, 4.69) is 5.32 Å². The molecule has 2 rings (SSSR count). The maximum absolute atomic E-state index is 11.9. The van der Waals surface area contributed by atoms with Crippen LogP contribution in [-0.4, -0.2) is 51.1 Å². The third-order valence-electron chi connectivity index (χ3n) is 3.69. The molecular formula is C12H22N2O4S. The Morgan fingerprint density at radius 2 is 2.11 bits per heavy atom. The molecule has 3 unspecified atom stereocenters. The monoisotopic (exact) mass is 290 g/mol. The summed E-state index contributed by atoms with van der Waals surface area (Å²) in [7, 11) is -3.08. The maximum Gasteiger partial charge on any atom is 0.237 e. The second-order valence-corrected chi connectivity index (χ2v) is 7.86. The van der Waals surface area contributed by atoms with Crippen LogP contribution in [0, 0.1) is 5.92 Å². The fourth-order valence-electron chi connectivity index (χ4n) is 2.42. The minimum absolute atomic E-state index is 0.0317. The topological polar surface area (TPSA) is 98.5 Å². The predicted octanol–water partition coefficient (Wildman–Crippen LogP) is -0.568. The standard InChI is InChI=1S/C12H22N2O4S/c1-19(16,17)7-5-9(13)12(15)14-10-4-6-18-11(10)8-2-3-8/h8-11H,2-7,13H2,1H3,(H,14,15). The van der Waals surface area contributed by atoms with E-state index in [4.69, 9.17) is 10.5 Å². The second-order valence-electron chi connectivity index (χ2n) is 5.60. The highest BCUT2D eigenvalue weighted by atomic mass is 32.2. The average Bonchev–Trinajstić information content (AvgIpc) is 3.06. The summed E-state index contributed by atoms with van der Waals surface area (Å²) in [5.41, 5.74) is 5.72. The molecule has 2 fully saturated rings. The fraction of sp³-hybridized carbons (Fsp3) is 0.917. The number of carbonyl (C=O) groups excluding carboxylic acids is 1. The third-order valence-corrected chi connectivity index (χ3v) is 4.66. The Labute approximate surface area is 114 Å². The SMILES string of the molecule is CS(=O)(=O)CCC(N)C(=O)NC1CCOC1C1CC1. The number of nitrogens with one attached hydrogen (secondary N) is 1. The Morgan fingerprint density at radius 1 is 1.42 bits per heavy atom. The van der Waals surface area contributed by atoms with Crippen LogP contribution in [0.4, 0.5) is 0 Å². The molecule has 0 aromatic rings. The largest absolute Gasteiger partial charge is 0.376 e. The molecule has 6 nitrogen and oxygen atoms in total. The zero-order chi connectivity index (χ0) is 14.0. The van der Waals surface area contributed by atoms with Gasteiger partial charge in [0.2, 0.25) is 5.91 Å². The van der Waals surface area contributed by atoms with Crippen molar-refractivity contribution in [3.8, 4) is 0 Å². The summed E-state index contributed by atoms with van der Waals surface area (Å²) in [5.74, 6) is 0.235. The lowest BCUT2D eigenvalue weighted by atomic mass is 10.1. The Hall–Kier alpha value is -0.660. The highest BCUT2D eigenvalue weighted by Gasteiger charge is 2.41. The molecule has 1 saturated heterocycles. The third kappa shape index (κ3) is 4.43. The van der Waals surface area contributed by atoms with E-state index in [0.717, 1.165) is 25.5 Å². The van der Waals surface area contributed by atoms with E-state index >= 15 is 0 Å². The van der Waals surface area contributed by atoms with Crippen LogP contribution in [-0.2, 0) is 19.4 Å². The van der Waals surface area contributed by atoms with Crippen LogP contribution in [0.15, 0.2) is 0 Å². The number of amides is 1. The lowest BCUT2D eigenvalue weighted by molar-refractivity contribution is -0.123. The zero-order valence-electron chi connectivity index (χ0n) is 11.2. The number of nitrogens with two attached hydrogens (primary N) is 1. The van der Waals surface area contributed by atoms with Crippen LogP contribution >= 0.6 is 0 Å². The fourth-order valence-corrected chi connectivity index (χ4v) is 3.10. The van der Waals surface area contributed by atoms with E-state index in [0.29, 0.717) is 12.5 Å². The molecule has 1 aliphatic carbocycles. The summed E-state index contributed by atoms with van der Waals surface area (Å²) in [6.45, 7) is 0.671. The smallest absolute Gasteiger partial charge is 0.237 e. The van der Waals surface area contributed by atoms with E-state index in [1.807, 2.05) is 0 Å². The molecule has 0 spiro atoms. The molecule has 0 radical (unpaired) electrons. The van der Waals surface area contributed by atoms with Gasteiger partial charge in [0.15, 0.2) is 0 Å². The molecule has 3 N–H and O–H groups in total. The predicted molar refractivity (Wildman–Crippen MR) is 71.3 cm³/mol. The van der Waals surface area contributed by atoms with Crippen molar-refractivity contribution in [2.45, 2.75) is 43.9 Å². The van der Waals surface area contributed by atoms with E-state index in [1.165, 1.54) is 0 Å². The van der Waals surface area contributed by atoms with E-state index in [9.17, 15) is 13.2 Å². The maximum atomic E-state index is 11.9. The van der Waals surface area contributed by atoms with Crippen LogP contribution in [0.3, 0.4) is 0 Å². The molecule has 0 bridgehead atoms. The summed E-state index contributed by atoms with van der Waals surface area (Å²) in [6, 6.07) is -0.737. The molecule has 110 valence electrons. The molecule has 2 aliphatic rings. The summed E-state index contributed by atoms with van der Waals surface area (Å²) in [4.78, 5) is 11.9. The van der Waals surface area contributed by atoms with E-state index in [-0.39, 0.29) is 30.2 Å². The summed E-state index contributed by atoms with van der Waals surface area (Å²) < 4.78 is 27.7. The molecule has 7 heteroatoms. The highest BCUT2D eigenvalue weighted by molar-refractivity contribution is 7.90. The van der Waals surface area contributed by atoms with Crippen LogP contribution in [0.25, 0.3) is 0 Å². The number of hydrogen-bond donors (Lipinski definition) is 2. The van der Waals surface area contributed by atoms with Gasteiger partial charge in [-0.15, -0.1) is 0 Å². The van der Waals surface area contributed by atoms with Gasteiger partial charge in [-0.25, -0.2) is 8.42 Å². The van der Waals surface area contributed by atoms with Gasteiger partial charge in [0.1, 0.15) is 9.84 Å². The minimum atomic E-state index is -3.08. The van der Waals surface area contributed by atoms with Crippen molar-refractivity contribution >= 4 is 15.7 Å². The van der Waals surface area contributed by atoms with Crippen molar-refractivity contribution in [2.75, 3.05) is 18.6 Å². The molecule has 1 saturated carbocycles. The van der Waals surface area contributed by atoms with Gasteiger partial charge < -0.3 is 15.8 Å². The number of rotatable bonds is 6. The Bertz CT molecular complexity index is 433. The number of ether oxygens (including phenoxy) is 1. The molecule has 19 heavy (non-hydrogen) atoms. The zero-order valence-corrected chi connectivity index (χ0v) is 12.0. The first-order valence-corrected chi connectivity index (χ1v) is 8.78. The van der Waals surface area contributed by atoms with Gasteiger partial charge in [-0.3, -0.25) is 4.79 Å². The molecular weight excluding hydrogens is 268 g/mol. The molecule has 0 aromatic heterocycles. The summed E-state index contributed by atoms with van der Waals surface area (Å²) >= 11 is 0. The van der Waals surface area contributed by atoms with E-state index < -0.39 is 15.9 Å². The van der Waals surface area contributed by atoms with Gasteiger partial charge in [-0.2, -0.15) is 0 Å².